The number of piperidine rings is 1. The highest BCUT2D eigenvalue weighted by molar-refractivity contribution is 6.01. The largest absolute Gasteiger partial charge is 0.492 e. The molecule has 7 nitrogen and oxygen atoms in total. The van der Waals surface area contributed by atoms with E-state index in [1.165, 1.54) is 6.42 Å². The van der Waals surface area contributed by atoms with Crippen LogP contribution >= 0.6 is 0 Å². The molecule has 1 fully saturated rings. The lowest BCUT2D eigenvalue weighted by molar-refractivity contribution is 0.0725. The van der Waals surface area contributed by atoms with Gasteiger partial charge in [0.05, 0.1) is 28.4 Å². The average molecular weight is 491 g/mol. The van der Waals surface area contributed by atoms with Crippen LogP contribution < -0.4 is 18.9 Å². The number of pyridine rings is 1. The second kappa shape index (κ2) is 11.3. The van der Waals surface area contributed by atoms with Gasteiger partial charge in [-0.3, -0.25) is 9.78 Å². The lowest BCUT2D eigenvalue weighted by Gasteiger charge is -2.28. The van der Waals surface area contributed by atoms with Crippen molar-refractivity contribution in [2.24, 2.45) is 0 Å². The lowest BCUT2D eigenvalue weighted by Crippen LogP contribution is -2.35. The Kier molecular flexibility index (Phi) is 7.98. The molecule has 0 N–H and O–H groups in total. The van der Waals surface area contributed by atoms with Gasteiger partial charge in [-0.15, -0.1) is 0 Å². The third-order valence-electron chi connectivity index (χ3n) is 6.81. The molecule has 0 aliphatic carbocycles. The van der Waals surface area contributed by atoms with E-state index in [2.05, 4.69) is 11.1 Å². The summed E-state index contributed by atoms with van der Waals surface area (Å²) in [6, 6.07) is 9.95. The first-order valence-corrected chi connectivity index (χ1v) is 12.2. The van der Waals surface area contributed by atoms with Crippen LogP contribution in [0.1, 0.15) is 46.3 Å². The fourth-order valence-electron chi connectivity index (χ4n) is 4.99. The van der Waals surface area contributed by atoms with Crippen molar-refractivity contribution < 1.29 is 23.7 Å². The van der Waals surface area contributed by atoms with E-state index >= 15 is 0 Å². The van der Waals surface area contributed by atoms with Gasteiger partial charge in [0.15, 0.2) is 11.5 Å². The molecule has 3 aromatic rings. The van der Waals surface area contributed by atoms with Crippen LogP contribution in [0, 0.1) is 6.92 Å². The molecule has 1 aliphatic rings. The Labute approximate surface area is 213 Å². The summed E-state index contributed by atoms with van der Waals surface area (Å²) < 4.78 is 22.7. The van der Waals surface area contributed by atoms with Gasteiger partial charge >= 0.3 is 0 Å². The molecule has 0 atom stereocenters. The molecule has 1 aromatic heterocycles. The SMILES string of the molecule is COc1c(C)c(Cc2ccc(-c3cccnc3)c(C(=O)N3CCCCC3)c2)c(OC)c(OC)c1OC. The molecular formula is C29H34N2O5. The zero-order chi connectivity index (χ0) is 25.7. The molecular weight excluding hydrogens is 456 g/mol. The van der Waals surface area contributed by atoms with Crippen LogP contribution in [0.3, 0.4) is 0 Å². The van der Waals surface area contributed by atoms with E-state index in [9.17, 15) is 4.79 Å². The monoisotopic (exact) mass is 490 g/mol. The summed E-state index contributed by atoms with van der Waals surface area (Å²) in [6.07, 6.45) is 7.31. The molecule has 0 spiro atoms. The van der Waals surface area contributed by atoms with E-state index in [1.54, 1.807) is 40.8 Å². The summed E-state index contributed by atoms with van der Waals surface area (Å²) >= 11 is 0. The number of hydrogen-bond donors (Lipinski definition) is 0. The number of amides is 1. The van der Waals surface area contributed by atoms with Crippen molar-refractivity contribution in [2.75, 3.05) is 41.5 Å². The highest BCUT2D eigenvalue weighted by Crippen LogP contribution is 2.49. The Balaban J connectivity index is 1.82. The summed E-state index contributed by atoms with van der Waals surface area (Å²) in [5.41, 5.74) is 5.29. The van der Waals surface area contributed by atoms with Crippen molar-refractivity contribution in [3.05, 3.63) is 65.0 Å². The second-order valence-electron chi connectivity index (χ2n) is 8.89. The number of ether oxygens (including phenoxy) is 4. The van der Waals surface area contributed by atoms with E-state index in [1.807, 2.05) is 36.1 Å². The number of aromatic nitrogens is 1. The maximum atomic E-state index is 13.7. The topological polar surface area (TPSA) is 70.1 Å². The Hall–Kier alpha value is -3.74. The smallest absolute Gasteiger partial charge is 0.254 e. The Morgan fingerprint density at radius 2 is 1.56 bits per heavy atom. The van der Waals surface area contributed by atoms with E-state index in [4.69, 9.17) is 18.9 Å². The van der Waals surface area contributed by atoms with Crippen LogP contribution in [0.4, 0.5) is 0 Å². The Morgan fingerprint density at radius 1 is 0.889 bits per heavy atom. The summed E-state index contributed by atoms with van der Waals surface area (Å²) in [7, 11) is 6.38. The third-order valence-corrected chi connectivity index (χ3v) is 6.81. The van der Waals surface area contributed by atoms with E-state index in [-0.39, 0.29) is 5.91 Å². The molecule has 0 saturated carbocycles. The number of rotatable bonds is 8. The van der Waals surface area contributed by atoms with Gasteiger partial charge in [0.2, 0.25) is 11.5 Å². The fourth-order valence-corrected chi connectivity index (χ4v) is 4.99. The van der Waals surface area contributed by atoms with Gasteiger partial charge in [-0.2, -0.15) is 0 Å². The van der Waals surface area contributed by atoms with Gasteiger partial charge in [0.25, 0.3) is 5.91 Å². The molecule has 36 heavy (non-hydrogen) atoms. The van der Waals surface area contributed by atoms with Crippen molar-refractivity contribution in [3.8, 4) is 34.1 Å². The number of carbonyl (C=O) groups excluding carboxylic acids is 1. The number of carbonyl (C=O) groups is 1. The second-order valence-corrected chi connectivity index (χ2v) is 8.89. The van der Waals surface area contributed by atoms with Gasteiger partial charge in [0.1, 0.15) is 0 Å². The molecule has 1 aliphatic heterocycles. The minimum absolute atomic E-state index is 0.0592. The van der Waals surface area contributed by atoms with Gasteiger partial charge in [-0.05, 0) is 49.4 Å². The molecule has 4 rings (SSSR count). The Bertz CT molecular complexity index is 1220. The molecule has 0 bridgehead atoms. The van der Waals surface area contributed by atoms with Gasteiger partial charge in [0, 0.05) is 54.2 Å². The zero-order valence-electron chi connectivity index (χ0n) is 21.7. The Morgan fingerprint density at radius 3 is 2.17 bits per heavy atom. The first-order valence-electron chi connectivity index (χ1n) is 12.2. The normalized spacial score (nSPS) is 13.3. The number of methoxy groups -OCH3 is 4. The minimum Gasteiger partial charge on any atom is -0.492 e. The van der Waals surface area contributed by atoms with Crippen molar-refractivity contribution >= 4 is 5.91 Å². The molecule has 0 unspecified atom stereocenters. The fraction of sp³-hybridized carbons (Fsp3) is 0.379. The zero-order valence-corrected chi connectivity index (χ0v) is 21.7. The van der Waals surface area contributed by atoms with E-state index in [0.717, 1.165) is 53.7 Å². The van der Waals surface area contributed by atoms with Gasteiger partial charge in [-0.1, -0.05) is 18.2 Å². The van der Waals surface area contributed by atoms with Gasteiger partial charge in [-0.25, -0.2) is 0 Å². The average Bonchev–Trinajstić information content (AvgIpc) is 2.94. The van der Waals surface area contributed by atoms with Crippen LogP contribution in [-0.4, -0.2) is 57.3 Å². The van der Waals surface area contributed by atoms with Gasteiger partial charge < -0.3 is 23.8 Å². The molecule has 2 aromatic carbocycles. The summed E-state index contributed by atoms with van der Waals surface area (Å²) in [4.78, 5) is 19.9. The number of nitrogens with zero attached hydrogens (tertiary/aromatic N) is 2. The summed E-state index contributed by atoms with van der Waals surface area (Å²) in [6.45, 7) is 3.55. The maximum Gasteiger partial charge on any atom is 0.254 e. The van der Waals surface area contributed by atoms with Crippen LogP contribution in [0.5, 0.6) is 23.0 Å². The van der Waals surface area contributed by atoms with Crippen LogP contribution in [-0.2, 0) is 6.42 Å². The van der Waals surface area contributed by atoms with Crippen molar-refractivity contribution in [1.29, 1.82) is 0 Å². The maximum absolute atomic E-state index is 13.7. The van der Waals surface area contributed by atoms with E-state index < -0.39 is 0 Å². The van der Waals surface area contributed by atoms with Crippen LogP contribution in [0.2, 0.25) is 0 Å². The number of hydrogen-bond acceptors (Lipinski definition) is 6. The molecule has 2 heterocycles. The highest BCUT2D eigenvalue weighted by atomic mass is 16.5. The molecule has 0 radical (unpaired) electrons. The quantitative estimate of drug-likeness (QED) is 0.426. The van der Waals surface area contributed by atoms with Crippen molar-refractivity contribution in [1.82, 2.24) is 9.88 Å². The number of likely N-dealkylation sites (tertiary alicyclic amines) is 1. The predicted molar refractivity (Wildman–Crippen MR) is 140 cm³/mol. The molecule has 1 saturated heterocycles. The standard InChI is InChI=1S/C29H34N2O5/c1-19-23(26(34-3)28(36-5)27(35-4)25(19)33-2)16-20-11-12-22(21-10-9-13-30-18-21)24(17-20)29(32)31-14-7-6-8-15-31/h9-13,17-18H,6-8,14-16H2,1-5H3. The predicted octanol–water partition coefficient (Wildman–Crippen LogP) is 5.31. The molecule has 190 valence electrons. The minimum atomic E-state index is 0.0592. The molecule has 1 amide bonds. The molecule has 7 heteroatoms. The third kappa shape index (κ3) is 4.83. The van der Waals surface area contributed by atoms with Crippen molar-refractivity contribution in [2.45, 2.75) is 32.6 Å². The van der Waals surface area contributed by atoms with Crippen LogP contribution in [0.25, 0.3) is 11.1 Å². The number of benzene rings is 2. The lowest BCUT2D eigenvalue weighted by atomic mass is 9.92. The van der Waals surface area contributed by atoms with Crippen molar-refractivity contribution in [3.63, 3.8) is 0 Å². The first kappa shape index (κ1) is 25.4. The highest BCUT2D eigenvalue weighted by Gasteiger charge is 2.27. The summed E-state index contributed by atoms with van der Waals surface area (Å²) in [5.74, 6) is 2.22. The first-order chi connectivity index (χ1) is 17.5. The van der Waals surface area contributed by atoms with Crippen LogP contribution in [0.15, 0.2) is 42.7 Å². The summed E-state index contributed by atoms with van der Waals surface area (Å²) in [5, 5.41) is 0. The van der Waals surface area contributed by atoms with E-state index in [0.29, 0.717) is 35.0 Å².